The first-order valence-corrected chi connectivity index (χ1v) is 4.74. The maximum Gasteiger partial charge on any atom is 0.200 e. The highest BCUT2D eigenvalue weighted by molar-refractivity contribution is 5.33. The van der Waals surface area contributed by atoms with Crippen LogP contribution in [0.25, 0.3) is 0 Å². The van der Waals surface area contributed by atoms with Gasteiger partial charge in [0.2, 0.25) is 5.82 Å². The predicted molar refractivity (Wildman–Crippen MR) is 51.0 cm³/mol. The van der Waals surface area contributed by atoms with Crippen molar-refractivity contribution in [1.29, 1.82) is 0 Å². The van der Waals surface area contributed by atoms with Crippen molar-refractivity contribution in [3.05, 3.63) is 58.8 Å². The van der Waals surface area contributed by atoms with E-state index in [1.165, 1.54) is 12.3 Å². The topological polar surface area (TPSA) is 39.2 Å². The Hall–Kier alpha value is -1.89. The first-order valence-electron chi connectivity index (χ1n) is 4.74. The Morgan fingerprint density at radius 3 is 1.83 bits per heavy atom. The van der Waals surface area contributed by atoms with E-state index in [-0.39, 0.29) is 5.56 Å². The zero-order valence-electron chi connectivity index (χ0n) is 8.68. The third-order valence-electron chi connectivity index (χ3n) is 2.46. The molecule has 0 aliphatic rings. The standard InChI is InChI=1S/C11H6F5NO/c12-6-5(11(17)4-1-2-18-3-4)7(13)9(15)10(16)8(6)14/h1-3,11H,17H2. The summed E-state index contributed by atoms with van der Waals surface area (Å²) in [5.74, 6) is -10.2. The Labute approximate surface area is 97.8 Å². The third kappa shape index (κ3) is 1.76. The summed E-state index contributed by atoms with van der Waals surface area (Å²) in [5.41, 5.74) is 4.46. The zero-order chi connectivity index (χ0) is 13.4. The summed E-state index contributed by atoms with van der Waals surface area (Å²) in [4.78, 5) is 0. The summed E-state index contributed by atoms with van der Waals surface area (Å²) in [5, 5.41) is 0. The molecule has 0 saturated carbocycles. The fraction of sp³-hybridized carbons (Fsp3) is 0.0909. The fourth-order valence-electron chi connectivity index (χ4n) is 1.51. The Kier molecular flexibility index (Phi) is 3.08. The average Bonchev–Trinajstić information content (AvgIpc) is 2.88. The van der Waals surface area contributed by atoms with Crippen molar-refractivity contribution in [2.75, 3.05) is 0 Å². The molecule has 1 unspecified atom stereocenters. The van der Waals surface area contributed by atoms with Crippen LogP contribution in [-0.4, -0.2) is 0 Å². The van der Waals surface area contributed by atoms with Crippen LogP contribution >= 0.6 is 0 Å². The Bertz CT molecular complexity index is 553. The van der Waals surface area contributed by atoms with Crippen LogP contribution in [0.15, 0.2) is 23.0 Å². The quantitative estimate of drug-likeness (QED) is 0.514. The molecule has 1 heterocycles. The van der Waals surface area contributed by atoms with Gasteiger partial charge in [0.25, 0.3) is 0 Å². The van der Waals surface area contributed by atoms with E-state index in [1.807, 2.05) is 0 Å². The molecule has 96 valence electrons. The first kappa shape index (κ1) is 12.6. The molecule has 7 heteroatoms. The molecule has 0 bridgehead atoms. The molecule has 2 N–H and O–H groups in total. The summed E-state index contributed by atoms with van der Waals surface area (Å²) >= 11 is 0. The second-order valence-electron chi connectivity index (χ2n) is 3.52. The number of hydrogen-bond acceptors (Lipinski definition) is 2. The Balaban J connectivity index is 2.65. The van der Waals surface area contributed by atoms with Gasteiger partial charge in [-0.1, -0.05) is 0 Å². The molecule has 2 nitrogen and oxygen atoms in total. The average molecular weight is 263 g/mol. The van der Waals surface area contributed by atoms with Gasteiger partial charge in [0.15, 0.2) is 23.3 Å². The lowest BCUT2D eigenvalue weighted by Crippen LogP contribution is -2.18. The lowest BCUT2D eigenvalue weighted by molar-refractivity contribution is 0.367. The molecule has 0 aliphatic carbocycles. The van der Waals surface area contributed by atoms with Crippen LogP contribution in [0.4, 0.5) is 22.0 Å². The monoisotopic (exact) mass is 263 g/mol. The number of halogens is 5. The number of hydrogen-bond donors (Lipinski definition) is 1. The van der Waals surface area contributed by atoms with Gasteiger partial charge < -0.3 is 10.2 Å². The number of nitrogens with two attached hydrogens (primary N) is 1. The molecular weight excluding hydrogens is 257 g/mol. The molecule has 1 aromatic heterocycles. The van der Waals surface area contributed by atoms with Crippen LogP contribution in [-0.2, 0) is 0 Å². The molecule has 2 rings (SSSR count). The smallest absolute Gasteiger partial charge is 0.200 e. The molecule has 0 fully saturated rings. The summed E-state index contributed by atoms with van der Waals surface area (Å²) in [6.45, 7) is 0. The lowest BCUT2D eigenvalue weighted by atomic mass is 10.0. The second kappa shape index (κ2) is 4.41. The molecule has 0 amide bonds. The van der Waals surface area contributed by atoms with Crippen molar-refractivity contribution in [2.45, 2.75) is 6.04 Å². The largest absolute Gasteiger partial charge is 0.472 e. The van der Waals surface area contributed by atoms with Gasteiger partial charge >= 0.3 is 0 Å². The maximum atomic E-state index is 13.4. The van der Waals surface area contributed by atoms with E-state index in [2.05, 4.69) is 4.42 Å². The molecular formula is C11H6F5NO. The van der Waals surface area contributed by atoms with E-state index in [9.17, 15) is 22.0 Å². The zero-order valence-corrected chi connectivity index (χ0v) is 8.68. The molecule has 1 aromatic carbocycles. The normalized spacial score (nSPS) is 12.8. The van der Waals surface area contributed by atoms with E-state index in [1.54, 1.807) is 0 Å². The number of rotatable bonds is 2. The van der Waals surface area contributed by atoms with Gasteiger partial charge in [-0.05, 0) is 6.07 Å². The first-order chi connectivity index (χ1) is 8.45. The highest BCUT2D eigenvalue weighted by atomic mass is 19.2. The molecule has 0 spiro atoms. The molecule has 1 atom stereocenters. The van der Waals surface area contributed by atoms with Crippen LogP contribution in [0, 0.1) is 29.1 Å². The summed E-state index contributed by atoms with van der Waals surface area (Å²) in [6.07, 6.45) is 2.23. The summed E-state index contributed by atoms with van der Waals surface area (Å²) < 4.78 is 70.2. The van der Waals surface area contributed by atoms with Gasteiger partial charge in [-0.15, -0.1) is 0 Å². The lowest BCUT2D eigenvalue weighted by Gasteiger charge is -2.13. The van der Waals surface area contributed by atoms with Gasteiger partial charge in [0.05, 0.1) is 24.1 Å². The van der Waals surface area contributed by atoms with Gasteiger partial charge in [-0.2, -0.15) is 0 Å². The summed E-state index contributed by atoms with van der Waals surface area (Å²) in [7, 11) is 0. The van der Waals surface area contributed by atoms with Crippen LogP contribution in [0.3, 0.4) is 0 Å². The minimum atomic E-state index is -2.21. The second-order valence-corrected chi connectivity index (χ2v) is 3.52. The minimum Gasteiger partial charge on any atom is -0.472 e. The van der Waals surface area contributed by atoms with Crippen molar-refractivity contribution in [3.63, 3.8) is 0 Å². The highest BCUT2D eigenvalue weighted by Crippen LogP contribution is 2.30. The minimum absolute atomic E-state index is 0.0956. The SMILES string of the molecule is NC(c1ccoc1)c1c(F)c(F)c(F)c(F)c1F. The van der Waals surface area contributed by atoms with Crippen molar-refractivity contribution in [1.82, 2.24) is 0 Å². The number of benzene rings is 1. The van der Waals surface area contributed by atoms with Crippen molar-refractivity contribution in [3.8, 4) is 0 Å². The third-order valence-corrected chi connectivity index (χ3v) is 2.46. The highest BCUT2D eigenvalue weighted by Gasteiger charge is 2.29. The molecule has 0 saturated heterocycles. The van der Waals surface area contributed by atoms with Gasteiger partial charge in [-0.3, -0.25) is 0 Å². The van der Waals surface area contributed by atoms with Gasteiger partial charge in [0, 0.05) is 5.56 Å². The Morgan fingerprint density at radius 1 is 0.889 bits per heavy atom. The van der Waals surface area contributed by atoms with Crippen LogP contribution in [0.5, 0.6) is 0 Å². The van der Waals surface area contributed by atoms with E-state index < -0.39 is 40.7 Å². The van der Waals surface area contributed by atoms with Gasteiger partial charge in [0.1, 0.15) is 0 Å². The predicted octanol–water partition coefficient (Wildman–Crippen LogP) is 3.02. The van der Waals surface area contributed by atoms with Crippen LogP contribution in [0.2, 0.25) is 0 Å². The van der Waals surface area contributed by atoms with E-state index in [4.69, 9.17) is 5.73 Å². The molecule has 0 radical (unpaired) electrons. The molecule has 2 aromatic rings. The van der Waals surface area contributed by atoms with Crippen LogP contribution < -0.4 is 5.73 Å². The summed E-state index contributed by atoms with van der Waals surface area (Å²) in [6, 6.07) is -0.240. The van der Waals surface area contributed by atoms with E-state index in [0.29, 0.717) is 0 Å². The van der Waals surface area contributed by atoms with E-state index >= 15 is 0 Å². The van der Waals surface area contributed by atoms with Crippen molar-refractivity contribution < 1.29 is 26.4 Å². The molecule has 18 heavy (non-hydrogen) atoms. The number of furan rings is 1. The van der Waals surface area contributed by atoms with E-state index in [0.717, 1.165) is 6.26 Å². The van der Waals surface area contributed by atoms with Gasteiger partial charge in [-0.25, -0.2) is 22.0 Å². The Morgan fingerprint density at radius 2 is 1.39 bits per heavy atom. The van der Waals surface area contributed by atoms with Crippen molar-refractivity contribution >= 4 is 0 Å². The maximum absolute atomic E-state index is 13.4. The molecule has 0 aliphatic heterocycles. The van der Waals surface area contributed by atoms with Crippen LogP contribution in [0.1, 0.15) is 17.2 Å². The fourth-order valence-corrected chi connectivity index (χ4v) is 1.51. The van der Waals surface area contributed by atoms with Crippen molar-refractivity contribution in [2.24, 2.45) is 5.73 Å².